The molecule has 8 heteroatoms. The van der Waals surface area contributed by atoms with Gasteiger partial charge in [-0.15, -0.1) is 0 Å². The number of nitrogens with one attached hydrogen (secondary N) is 2. The molecule has 0 aliphatic carbocycles. The minimum absolute atomic E-state index is 0.150. The molecule has 4 N–H and O–H groups in total. The molecule has 1 heterocycles. The fourth-order valence-corrected chi connectivity index (χ4v) is 2.89. The number of nitrogens with zero attached hydrogens (tertiary/aromatic N) is 1. The van der Waals surface area contributed by atoms with Crippen LogP contribution in [0.1, 0.15) is 19.0 Å². The van der Waals surface area contributed by atoms with Gasteiger partial charge in [-0.05, 0) is 18.6 Å². The van der Waals surface area contributed by atoms with Crippen LogP contribution in [0.3, 0.4) is 0 Å². The lowest BCUT2D eigenvalue weighted by atomic mass is 10.2. The minimum Gasteiger partial charge on any atom is -0.395 e. The molecule has 2 aromatic rings. The summed E-state index contributed by atoms with van der Waals surface area (Å²) in [4.78, 5) is -0.308. The Morgan fingerprint density at radius 3 is 2.90 bits per heavy atom. The van der Waals surface area contributed by atoms with Gasteiger partial charge in [0.2, 0.25) is 0 Å². The molecule has 108 valence electrons. The lowest BCUT2D eigenvalue weighted by Gasteiger charge is -2.08. The standard InChI is InChI=1S/C12H15FN4O2S/c1-2-4-8-7-11(16-15-8)17-20(18,19)10-6-3-5-9(13)12(10)14/h3,5-7H,2,4,14H2,1H3,(H2,15,16,17). The summed E-state index contributed by atoms with van der Waals surface area (Å²) in [6, 6.07) is 5.21. The Kier molecular flexibility index (Phi) is 3.93. The number of benzene rings is 1. The number of aryl methyl sites for hydroxylation is 1. The molecule has 0 saturated carbocycles. The van der Waals surface area contributed by atoms with E-state index in [1.165, 1.54) is 12.1 Å². The van der Waals surface area contributed by atoms with Gasteiger partial charge in [0.15, 0.2) is 5.82 Å². The van der Waals surface area contributed by atoms with Crippen LogP contribution in [-0.4, -0.2) is 18.6 Å². The van der Waals surface area contributed by atoms with Crippen molar-refractivity contribution in [2.75, 3.05) is 10.5 Å². The number of sulfonamides is 1. The number of rotatable bonds is 5. The quantitative estimate of drug-likeness (QED) is 0.734. The van der Waals surface area contributed by atoms with E-state index in [4.69, 9.17) is 5.73 Å². The second-order valence-corrected chi connectivity index (χ2v) is 5.94. The highest BCUT2D eigenvalue weighted by atomic mass is 32.2. The molecular weight excluding hydrogens is 283 g/mol. The third-order valence-electron chi connectivity index (χ3n) is 2.69. The van der Waals surface area contributed by atoms with Gasteiger partial charge in [-0.2, -0.15) is 5.10 Å². The molecule has 0 spiro atoms. The molecule has 2 rings (SSSR count). The monoisotopic (exact) mass is 298 g/mol. The number of para-hydroxylation sites is 1. The number of anilines is 2. The second-order valence-electron chi connectivity index (χ2n) is 4.29. The molecular formula is C12H15FN4O2S. The van der Waals surface area contributed by atoms with Crippen LogP contribution >= 0.6 is 0 Å². The fourth-order valence-electron chi connectivity index (χ4n) is 1.76. The zero-order valence-corrected chi connectivity index (χ0v) is 11.7. The summed E-state index contributed by atoms with van der Waals surface area (Å²) in [7, 11) is -3.97. The van der Waals surface area contributed by atoms with Crippen molar-refractivity contribution in [3.05, 3.63) is 35.8 Å². The number of aromatic nitrogens is 2. The van der Waals surface area contributed by atoms with Crippen molar-refractivity contribution in [3.8, 4) is 0 Å². The van der Waals surface area contributed by atoms with Crippen molar-refractivity contribution in [3.63, 3.8) is 0 Å². The van der Waals surface area contributed by atoms with Crippen LogP contribution in [0.5, 0.6) is 0 Å². The number of hydrogen-bond donors (Lipinski definition) is 3. The topological polar surface area (TPSA) is 101 Å². The van der Waals surface area contributed by atoms with Crippen molar-refractivity contribution >= 4 is 21.5 Å². The molecule has 0 amide bonds. The van der Waals surface area contributed by atoms with E-state index in [1.807, 2.05) is 6.92 Å². The third kappa shape index (κ3) is 2.90. The first-order valence-electron chi connectivity index (χ1n) is 6.05. The van der Waals surface area contributed by atoms with E-state index in [0.717, 1.165) is 24.6 Å². The van der Waals surface area contributed by atoms with E-state index in [-0.39, 0.29) is 10.7 Å². The summed E-state index contributed by atoms with van der Waals surface area (Å²) in [5, 5.41) is 6.57. The molecule has 0 atom stereocenters. The maximum Gasteiger partial charge on any atom is 0.265 e. The summed E-state index contributed by atoms with van der Waals surface area (Å²) < 4.78 is 39.8. The molecule has 1 aromatic carbocycles. The maximum atomic E-state index is 13.3. The van der Waals surface area contributed by atoms with Crippen LogP contribution in [0.2, 0.25) is 0 Å². The number of H-pyrrole nitrogens is 1. The van der Waals surface area contributed by atoms with Gasteiger partial charge in [-0.3, -0.25) is 9.82 Å². The van der Waals surface area contributed by atoms with Gasteiger partial charge in [0.05, 0.1) is 5.69 Å². The summed E-state index contributed by atoms with van der Waals surface area (Å²) in [5.74, 6) is -0.626. The second kappa shape index (κ2) is 5.49. The highest BCUT2D eigenvalue weighted by Gasteiger charge is 2.20. The van der Waals surface area contributed by atoms with Crippen molar-refractivity contribution in [1.29, 1.82) is 0 Å². The van der Waals surface area contributed by atoms with Gasteiger partial charge in [0, 0.05) is 11.8 Å². The van der Waals surface area contributed by atoms with E-state index in [1.54, 1.807) is 6.07 Å². The Labute approximate surface area is 116 Å². The molecule has 0 aliphatic rings. The average molecular weight is 298 g/mol. The van der Waals surface area contributed by atoms with Gasteiger partial charge in [-0.25, -0.2) is 12.8 Å². The van der Waals surface area contributed by atoms with Crippen molar-refractivity contribution in [1.82, 2.24) is 10.2 Å². The first-order valence-corrected chi connectivity index (χ1v) is 7.53. The average Bonchev–Trinajstić information content (AvgIpc) is 2.79. The summed E-state index contributed by atoms with van der Waals surface area (Å²) in [6.45, 7) is 2.00. The summed E-state index contributed by atoms with van der Waals surface area (Å²) >= 11 is 0. The molecule has 1 aromatic heterocycles. The molecule has 0 aliphatic heterocycles. The molecule has 0 unspecified atom stereocenters. The lowest BCUT2D eigenvalue weighted by molar-refractivity contribution is 0.597. The van der Waals surface area contributed by atoms with E-state index >= 15 is 0 Å². The van der Waals surface area contributed by atoms with E-state index < -0.39 is 21.5 Å². The first-order chi connectivity index (χ1) is 9.44. The number of nitrogen functional groups attached to an aromatic ring is 1. The molecule has 20 heavy (non-hydrogen) atoms. The molecule has 6 nitrogen and oxygen atoms in total. The SMILES string of the molecule is CCCc1cc(NS(=O)(=O)c2cccc(F)c2N)n[nH]1. The Morgan fingerprint density at radius 1 is 1.45 bits per heavy atom. The molecule has 0 bridgehead atoms. The summed E-state index contributed by atoms with van der Waals surface area (Å²) in [6.07, 6.45) is 1.67. The van der Waals surface area contributed by atoms with Gasteiger partial charge >= 0.3 is 0 Å². The Hall–Kier alpha value is -2.09. The van der Waals surface area contributed by atoms with E-state index in [9.17, 15) is 12.8 Å². The number of halogens is 1. The van der Waals surface area contributed by atoms with Crippen LogP contribution < -0.4 is 10.5 Å². The Morgan fingerprint density at radius 2 is 2.20 bits per heavy atom. The number of hydrogen-bond acceptors (Lipinski definition) is 4. The zero-order chi connectivity index (χ0) is 14.8. The lowest BCUT2D eigenvalue weighted by Crippen LogP contribution is -2.15. The van der Waals surface area contributed by atoms with Crippen LogP contribution in [0, 0.1) is 5.82 Å². The minimum atomic E-state index is -3.97. The largest absolute Gasteiger partial charge is 0.395 e. The molecule has 0 saturated heterocycles. The fraction of sp³-hybridized carbons (Fsp3) is 0.250. The Bertz CT molecular complexity index is 712. The van der Waals surface area contributed by atoms with Gasteiger partial charge < -0.3 is 5.73 Å². The van der Waals surface area contributed by atoms with Crippen molar-refractivity contribution in [2.45, 2.75) is 24.7 Å². The van der Waals surface area contributed by atoms with Gasteiger partial charge in [0.1, 0.15) is 10.7 Å². The predicted octanol–water partition coefficient (Wildman–Crippen LogP) is 1.88. The highest BCUT2D eigenvalue weighted by Crippen LogP contribution is 2.23. The smallest absolute Gasteiger partial charge is 0.265 e. The van der Waals surface area contributed by atoms with Gasteiger partial charge in [0.25, 0.3) is 10.0 Å². The molecule has 0 fully saturated rings. The molecule has 0 radical (unpaired) electrons. The maximum absolute atomic E-state index is 13.3. The predicted molar refractivity (Wildman–Crippen MR) is 74.2 cm³/mol. The van der Waals surface area contributed by atoms with Crippen LogP contribution in [0.15, 0.2) is 29.2 Å². The number of aromatic amines is 1. The third-order valence-corrected chi connectivity index (χ3v) is 4.10. The van der Waals surface area contributed by atoms with Crippen LogP contribution in [0.4, 0.5) is 15.9 Å². The van der Waals surface area contributed by atoms with Crippen LogP contribution in [-0.2, 0) is 16.4 Å². The van der Waals surface area contributed by atoms with Crippen LogP contribution in [0.25, 0.3) is 0 Å². The highest BCUT2D eigenvalue weighted by molar-refractivity contribution is 7.92. The first kappa shape index (κ1) is 14.3. The zero-order valence-electron chi connectivity index (χ0n) is 10.9. The van der Waals surface area contributed by atoms with E-state index in [2.05, 4.69) is 14.9 Å². The Balaban J connectivity index is 2.28. The van der Waals surface area contributed by atoms with Gasteiger partial charge in [-0.1, -0.05) is 19.4 Å². The van der Waals surface area contributed by atoms with E-state index in [0.29, 0.717) is 0 Å². The number of nitrogens with two attached hydrogens (primary N) is 1. The summed E-state index contributed by atoms with van der Waals surface area (Å²) in [5.41, 5.74) is 5.86. The van der Waals surface area contributed by atoms with Crippen molar-refractivity contribution in [2.24, 2.45) is 0 Å². The normalized spacial score (nSPS) is 11.5. The van der Waals surface area contributed by atoms with Crippen molar-refractivity contribution < 1.29 is 12.8 Å².